The Labute approximate surface area is 236 Å². The number of hydrogen-bond acceptors (Lipinski definition) is 7. The van der Waals surface area contributed by atoms with E-state index in [1.165, 1.54) is 36.4 Å². The number of aliphatic hydroxyl groups is 1. The smallest absolute Gasteiger partial charge is 0.286 e. The molecule has 0 aromatic heterocycles. The van der Waals surface area contributed by atoms with E-state index in [0.29, 0.717) is 24.0 Å². The van der Waals surface area contributed by atoms with Gasteiger partial charge in [-0.25, -0.2) is 8.42 Å². The average Bonchev–Trinajstić information content (AvgIpc) is 3.60. The Hall–Kier alpha value is -2.92. The van der Waals surface area contributed by atoms with Gasteiger partial charge >= 0.3 is 0 Å². The normalized spacial score (nSPS) is 25.9. The van der Waals surface area contributed by atoms with Crippen molar-refractivity contribution in [1.82, 2.24) is 9.62 Å². The van der Waals surface area contributed by atoms with E-state index in [0.717, 1.165) is 18.4 Å². The van der Waals surface area contributed by atoms with Gasteiger partial charge in [0.15, 0.2) is 5.76 Å². The van der Waals surface area contributed by atoms with Gasteiger partial charge in [-0.2, -0.15) is 4.31 Å². The summed E-state index contributed by atoms with van der Waals surface area (Å²) in [4.78, 5) is 13.4. The largest absolute Gasteiger partial charge is 0.497 e. The molecule has 0 radical (unpaired) electrons. The van der Waals surface area contributed by atoms with Gasteiger partial charge in [-0.05, 0) is 67.0 Å². The second kappa shape index (κ2) is 12.7. The van der Waals surface area contributed by atoms with Crippen molar-refractivity contribution in [2.45, 2.75) is 55.2 Å². The molecular weight excluding hydrogens is 532 g/mol. The van der Waals surface area contributed by atoms with Crippen molar-refractivity contribution in [3.63, 3.8) is 0 Å². The lowest BCUT2D eigenvalue weighted by molar-refractivity contribution is -0.147. The van der Waals surface area contributed by atoms with E-state index in [-0.39, 0.29) is 54.8 Å². The number of allylic oxidation sites excluding steroid dienone is 1. The number of hydrogen-bond donors (Lipinski definition) is 2. The van der Waals surface area contributed by atoms with Crippen LogP contribution in [-0.2, 0) is 24.3 Å². The van der Waals surface area contributed by atoms with Gasteiger partial charge in [0.25, 0.3) is 5.91 Å². The van der Waals surface area contributed by atoms with Crippen molar-refractivity contribution in [2.24, 2.45) is 11.8 Å². The van der Waals surface area contributed by atoms with Crippen LogP contribution in [0.3, 0.4) is 0 Å². The Kier molecular flexibility index (Phi) is 9.10. The van der Waals surface area contributed by atoms with Gasteiger partial charge in [0.2, 0.25) is 16.3 Å². The lowest BCUT2D eigenvalue weighted by atomic mass is 9.92. The molecule has 2 bridgehead atoms. The number of sulfonamides is 1. The van der Waals surface area contributed by atoms with E-state index in [9.17, 15) is 18.3 Å². The van der Waals surface area contributed by atoms with Gasteiger partial charge in [0, 0.05) is 31.5 Å². The zero-order valence-electron chi connectivity index (χ0n) is 22.8. The first-order valence-electron chi connectivity index (χ1n) is 14.0. The molecule has 0 saturated heterocycles. The maximum Gasteiger partial charge on any atom is 0.286 e. The molecule has 3 unspecified atom stereocenters. The zero-order valence-corrected chi connectivity index (χ0v) is 23.6. The van der Waals surface area contributed by atoms with Crippen LogP contribution in [0.25, 0.3) is 0 Å². The van der Waals surface area contributed by atoms with Crippen LogP contribution < -0.4 is 10.1 Å². The molecule has 10 heteroatoms. The zero-order chi connectivity index (χ0) is 28.1. The van der Waals surface area contributed by atoms with E-state index >= 15 is 0 Å². The topological polar surface area (TPSA) is 114 Å². The Morgan fingerprint density at radius 3 is 2.48 bits per heavy atom. The molecular formula is C30H38N2O7S. The highest BCUT2D eigenvalue weighted by Gasteiger charge is 2.41. The molecule has 2 saturated carbocycles. The highest BCUT2D eigenvalue weighted by molar-refractivity contribution is 7.89. The SMILES string of the molecule is COc1ccc(S(=O)(=O)N(CCO)CCO[C@H]2C[C@@H](c3ccccc3)C=C(C(=O)NC3CC4CCC3C4)O2)cc1. The average molecular weight is 571 g/mol. The number of carbonyl (C=O) groups excluding carboxylic acids is 1. The van der Waals surface area contributed by atoms with Crippen LogP contribution in [0.2, 0.25) is 0 Å². The number of methoxy groups -OCH3 is 1. The van der Waals surface area contributed by atoms with Crippen LogP contribution in [0.5, 0.6) is 5.75 Å². The minimum Gasteiger partial charge on any atom is -0.497 e. The molecule has 9 nitrogen and oxygen atoms in total. The summed E-state index contributed by atoms with van der Waals surface area (Å²) in [6, 6.07) is 16.2. The van der Waals surface area contributed by atoms with Crippen LogP contribution in [0.15, 0.2) is 71.3 Å². The lowest BCUT2D eigenvalue weighted by Gasteiger charge is -2.31. The highest BCUT2D eigenvalue weighted by Crippen LogP contribution is 2.44. The van der Waals surface area contributed by atoms with Crippen molar-refractivity contribution in [3.8, 4) is 5.75 Å². The van der Waals surface area contributed by atoms with Gasteiger partial charge in [-0.3, -0.25) is 4.79 Å². The molecule has 2 aromatic rings. The van der Waals surface area contributed by atoms with E-state index in [2.05, 4.69) is 5.32 Å². The van der Waals surface area contributed by atoms with Crippen molar-refractivity contribution >= 4 is 15.9 Å². The standard InChI is InChI=1S/C30H38N2O7S/c1-37-25-9-11-26(12-10-25)40(35,36)32(13-15-33)14-16-38-29-20-24(22-5-3-2-4-6-22)19-28(39-29)30(34)31-27-18-21-7-8-23(27)17-21/h2-6,9-12,19,21,23-24,27,29,33H,7-8,13-18,20H2,1H3,(H,31,34)/t21?,23?,24-,27?,29+/m0/s1. The molecule has 40 heavy (non-hydrogen) atoms. The monoisotopic (exact) mass is 570 g/mol. The van der Waals surface area contributed by atoms with Crippen molar-refractivity contribution in [3.05, 3.63) is 72.0 Å². The summed E-state index contributed by atoms with van der Waals surface area (Å²) in [5.41, 5.74) is 1.05. The maximum atomic E-state index is 13.3. The Morgan fingerprint density at radius 1 is 1.05 bits per heavy atom. The Balaban J connectivity index is 1.25. The quantitative estimate of drug-likeness (QED) is 0.402. The predicted octanol–water partition coefficient (Wildman–Crippen LogP) is 3.41. The molecule has 5 rings (SSSR count). The molecule has 1 heterocycles. The van der Waals surface area contributed by atoms with Crippen LogP contribution >= 0.6 is 0 Å². The van der Waals surface area contributed by atoms with Crippen molar-refractivity contribution < 1.29 is 32.5 Å². The molecule has 2 aliphatic carbocycles. The van der Waals surface area contributed by atoms with Gasteiger partial charge in [0.1, 0.15) is 5.75 Å². The van der Waals surface area contributed by atoms with E-state index < -0.39 is 16.3 Å². The fourth-order valence-electron chi connectivity index (χ4n) is 6.16. The third kappa shape index (κ3) is 6.52. The number of nitrogens with zero attached hydrogens (tertiary/aromatic N) is 1. The first-order valence-corrected chi connectivity index (χ1v) is 15.4. The number of fused-ring (bicyclic) bond motifs is 2. The number of rotatable bonds is 12. The summed E-state index contributed by atoms with van der Waals surface area (Å²) in [6.07, 6.45) is 6.25. The summed E-state index contributed by atoms with van der Waals surface area (Å²) in [5, 5.41) is 12.7. The maximum absolute atomic E-state index is 13.3. The third-order valence-corrected chi connectivity index (χ3v) is 10.2. The van der Waals surface area contributed by atoms with Gasteiger partial charge < -0.3 is 24.6 Å². The molecule has 1 amide bonds. The Bertz CT molecular complexity index is 1280. The van der Waals surface area contributed by atoms with Crippen molar-refractivity contribution in [1.29, 1.82) is 0 Å². The summed E-state index contributed by atoms with van der Waals surface area (Å²) in [6.45, 7) is -0.363. The molecule has 1 aliphatic heterocycles. The van der Waals surface area contributed by atoms with E-state index in [1.54, 1.807) is 12.1 Å². The Morgan fingerprint density at radius 2 is 1.82 bits per heavy atom. The third-order valence-electron chi connectivity index (χ3n) is 8.25. The van der Waals surface area contributed by atoms with E-state index in [4.69, 9.17) is 14.2 Å². The first kappa shape index (κ1) is 28.6. The molecule has 2 fully saturated rings. The predicted molar refractivity (Wildman–Crippen MR) is 149 cm³/mol. The number of aliphatic hydroxyl groups excluding tert-OH is 1. The van der Waals surface area contributed by atoms with Crippen molar-refractivity contribution in [2.75, 3.05) is 33.4 Å². The van der Waals surface area contributed by atoms with Crippen LogP contribution in [0, 0.1) is 11.8 Å². The second-order valence-corrected chi connectivity index (χ2v) is 12.7. The first-order chi connectivity index (χ1) is 19.4. The number of ether oxygens (including phenoxy) is 3. The van der Waals surface area contributed by atoms with E-state index in [1.807, 2.05) is 36.4 Å². The van der Waals surface area contributed by atoms with Crippen LogP contribution in [0.1, 0.15) is 43.6 Å². The van der Waals surface area contributed by atoms with Gasteiger partial charge in [-0.1, -0.05) is 36.8 Å². The molecule has 216 valence electrons. The molecule has 5 atom stereocenters. The molecule has 0 spiro atoms. The number of carbonyl (C=O) groups is 1. The molecule has 3 aliphatic rings. The number of amides is 1. The fraction of sp³-hybridized carbons (Fsp3) is 0.500. The molecule has 2 aromatic carbocycles. The van der Waals surface area contributed by atoms with Crippen LogP contribution in [-0.4, -0.2) is 69.5 Å². The molecule has 2 N–H and O–H groups in total. The van der Waals surface area contributed by atoms with Gasteiger partial charge in [0.05, 0.1) is 25.2 Å². The summed E-state index contributed by atoms with van der Waals surface area (Å²) >= 11 is 0. The lowest BCUT2D eigenvalue weighted by Crippen LogP contribution is -2.41. The minimum absolute atomic E-state index is 0.0151. The fourth-order valence-corrected chi connectivity index (χ4v) is 7.57. The minimum atomic E-state index is -3.87. The summed E-state index contributed by atoms with van der Waals surface area (Å²) in [7, 11) is -2.35. The number of nitrogens with one attached hydrogen (secondary N) is 1. The van der Waals surface area contributed by atoms with Crippen LogP contribution in [0.4, 0.5) is 0 Å². The second-order valence-electron chi connectivity index (χ2n) is 10.8. The summed E-state index contributed by atoms with van der Waals surface area (Å²) in [5.74, 6) is 1.73. The number of benzene rings is 2. The van der Waals surface area contributed by atoms with Gasteiger partial charge in [-0.15, -0.1) is 0 Å². The summed E-state index contributed by atoms with van der Waals surface area (Å²) < 4.78 is 44.8. The highest BCUT2D eigenvalue weighted by atomic mass is 32.2.